The van der Waals surface area contributed by atoms with Gasteiger partial charge < -0.3 is 0 Å². The van der Waals surface area contributed by atoms with Gasteiger partial charge in [-0.25, -0.2) is 0 Å². The summed E-state index contributed by atoms with van der Waals surface area (Å²) in [5.41, 5.74) is 5.36. The van der Waals surface area contributed by atoms with Gasteiger partial charge in [-0.2, -0.15) is 0 Å². The first-order chi connectivity index (χ1) is 9.95. The minimum atomic E-state index is 0.974. The summed E-state index contributed by atoms with van der Waals surface area (Å²) in [6, 6.07) is 12.0. The van der Waals surface area contributed by atoms with E-state index >= 15 is 0 Å². The molecule has 0 fully saturated rings. The molecule has 2 aromatic rings. The van der Waals surface area contributed by atoms with Crippen LogP contribution in [-0.4, -0.2) is 18.2 Å². The zero-order chi connectivity index (χ0) is 15.8. The Labute approximate surface area is 128 Å². The molecule has 0 atom stereocenters. The predicted octanol–water partition coefficient (Wildman–Crippen LogP) is 4.83. The lowest BCUT2D eigenvalue weighted by molar-refractivity contribution is 1.25. The van der Waals surface area contributed by atoms with E-state index < -0.39 is 0 Å². The van der Waals surface area contributed by atoms with Gasteiger partial charge in [-0.05, 0) is 57.5 Å². The summed E-state index contributed by atoms with van der Waals surface area (Å²) in [5, 5.41) is 0.995. The Morgan fingerprint density at radius 2 is 1.95 bits per heavy atom. The maximum Gasteiger partial charge on any atom is 0.0870 e. The van der Waals surface area contributed by atoms with Crippen molar-refractivity contribution in [3.63, 3.8) is 0 Å². The van der Waals surface area contributed by atoms with Crippen LogP contribution in [0.2, 0.25) is 0 Å². The van der Waals surface area contributed by atoms with Crippen LogP contribution in [0.25, 0.3) is 16.5 Å². The third kappa shape index (κ3) is 5.24. The highest BCUT2D eigenvalue weighted by molar-refractivity contribution is 5.93. The van der Waals surface area contributed by atoms with Crippen molar-refractivity contribution in [2.45, 2.75) is 27.7 Å². The van der Waals surface area contributed by atoms with E-state index in [1.807, 2.05) is 52.0 Å². The summed E-state index contributed by atoms with van der Waals surface area (Å²) >= 11 is 0. The van der Waals surface area contributed by atoms with E-state index in [9.17, 15) is 0 Å². The second-order valence-corrected chi connectivity index (χ2v) is 5.14. The summed E-state index contributed by atoms with van der Waals surface area (Å²) in [6.07, 6.45) is 3.76. The largest absolute Gasteiger partial charge is 0.297 e. The second kappa shape index (κ2) is 8.01. The SMILES string of the molecule is C=C(C)C.CN=C/C=C(\C)c1cc#cc2ccc(C)nc12. The lowest BCUT2D eigenvalue weighted by Crippen LogP contribution is -1.88. The monoisotopic (exact) mass is 278 g/mol. The number of aliphatic imine (C=N–C) groups is 1. The van der Waals surface area contributed by atoms with Crippen LogP contribution in [0.1, 0.15) is 32.0 Å². The topological polar surface area (TPSA) is 25.2 Å². The first kappa shape index (κ1) is 16.7. The maximum absolute atomic E-state index is 4.57. The van der Waals surface area contributed by atoms with Gasteiger partial charge in [0.1, 0.15) is 0 Å². The molecule has 21 heavy (non-hydrogen) atoms. The maximum atomic E-state index is 4.57. The van der Waals surface area contributed by atoms with Gasteiger partial charge in [0.15, 0.2) is 0 Å². The van der Waals surface area contributed by atoms with Gasteiger partial charge in [0.25, 0.3) is 0 Å². The van der Waals surface area contributed by atoms with E-state index in [1.54, 1.807) is 13.3 Å². The highest BCUT2D eigenvalue weighted by atomic mass is 14.7. The van der Waals surface area contributed by atoms with Gasteiger partial charge in [-0.15, -0.1) is 6.58 Å². The Bertz CT molecular complexity index is 675. The molecule has 1 aromatic heterocycles. The second-order valence-electron chi connectivity index (χ2n) is 5.14. The highest BCUT2D eigenvalue weighted by Gasteiger charge is 2.03. The number of nitrogens with zero attached hydrogens (tertiary/aromatic N) is 2. The van der Waals surface area contributed by atoms with Crippen LogP contribution in [-0.2, 0) is 0 Å². The molecule has 1 heterocycles. The Hall–Kier alpha value is -2.40. The molecular formula is C19H22N2. The summed E-state index contributed by atoms with van der Waals surface area (Å²) < 4.78 is 0. The third-order valence-corrected chi connectivity index (χ3v) is 2.61. The molecule has 0 saturated carbocycles. The fourth-order valence-corrected chi connectivity index (χ4v) is 1.69. The zero-order valence-electron chi connectivity index (χ0n) is 13.5. The first-order valence-electron chi connectivity index (χ1n) is 6.87. The number of hydrogen-bond donors (Lipinski definition) is 0. The van der Waals surface area contributed by atoms with Crippen LogP contribution in [0.15, 0.2) is 41.4 Å². The number of aromatic nitrogens is 1. The normalized spacial score (nSPS) is 11.0. The van der Waals surface area contributed by atoms with Crippen LogP contribution in [0.4, 0.5) is 0 Å². The lowest BCUT2D eigenvalue weighted by Gasteiger charge is -2.03. The van der Waals surface area contributed by atoms with Gasteiger partial charge in [-0.3, -0.25) is 9.98 Å². The van der Waals surface area contributed by atoms with E-state index in [2.05, 4.69) is 28.7 Å². The lowest BCUT2D eigenvalue weighted by atomic mass is 10.0. The molecule has 0 aliphatic heterocycles. The van der Waals surface area contributed by atoms with Gasteiger partial charge in [-0.1, -0.05) is 17.7 Å². The number of pyridine rings is 1. The minimum absolute atomic E-state index is 0.974. The van der Waals surface area contributed by atoms with Crippen LogP contribution in [0, 0.1) is 19.1 Å². The molecule has 1 aromatic carbocycles. The first-order valence-corrected chi connectivity index (χ1v) is 6.87. The fourth-order valence-electron chi connectivity index (χ4n) is 1.69. The Morgan fingerprint density at radius 3 is 2.57 bits per heavy atom. The van der Waals surface area contributed by atoms with E-state index in [0.29, 0.717) is 0 Å². The van der Waals surface area contributed by atoms with E-state index in [1.165, 1.54) is 5.57 Å². The van der Waals surface area contributed by atoms with Crippen molar-refractivity contribution in [3.05, 3.63) is 59.8 Å². The molecule has 2 heteroatoms. The molecule has 0 amide bonds. The van der Waals surface area contributed by atoms with Gasteiger partial charge in [0.05, 0.1) is 10.9 Å². The smallest absolute Gasteiger partial charge is 0.0870 e. The van der Waals surface area contributed by atoms with Crippen LogP contribution in [0.5, 0.6) is 0 Å². The molecule has 0 unspecified atom stereocenters. The average Bonchev–Trinajstić information content (AvgIpc) is 2.43. The van der Waals surface area contributed by atoms with Crippen LogP contribution in [0.3, 0.4) is 0 Å². The molecule has 2 rings (SSSR count). The molecular weight excluding hydrogens is 256 g/mol. The molecule has 0 radical (unpaired) electrons. The zero-order valence-corrected chi connectivity index (χ0v) is 13.5. The van der Waals surface area contributed by atoms with Crippen LogP contribution >= 0.6 is 0 Å². The number of fused-ring (bicyclic) bond motifs is 1. The molecule has 2 nitrogen and oxygen atoms in total. The highest BCUT2D eigenvalue weighted by Crippen LogP contribution is 2.21. The number of rotatable bonds is 2. The molecule has 0 spiro atoms. The van der Waals surface area contributed by atoms with Crippen molar-refractivity contribution >= 4 is 22.7 Å². The van der Waals surface area contributed by atoms with Crippen molar-refractivity contribution in [1.82, 2.24) is 4.98 Å². The summed E-state index contributed by atoms with van der Waals surface area (Å²) in [7, 11) is 1.76. The number of hydrogen-bond acceptors (Lipinski definition) is 2. The van der Waals surface area contributed by atoms with Gasteiger partial charge >= 0.3 is 0 Å². The Balaban J connectivity index is 0.000000491. The van der Waals surface area contributed by atoms with E-state index in [-0.39, 0.29) is 0 Å². The van der Waals surface area contributed by atoms with Crippen molar-refractivity contribution in [1.29, 1.82) is 0 Å². The Morgan fingerprint density at radius 1 is 1.29 bits per heavy atom. The summed E-state index contributed by atoms with van der Waals surface area (Å²) in [6.45, 7) is 11.5. The molecule has 108 valence electrons. The molecule has 0 N–H and O–H groups in total. The van der Waals surface area contributed by atoms with Crippen molar-refractivity contribution in [3.8, 4) is 0 Å². The van der Waals surface area contributed by atoms with E-state index in [0.717, 1.165) is 27.7 Å². The van der Waals surface area contributed by atoms with Gasteiger partial charge in [0.2, 0.25) is 0 Å². The third-order valence-electron chi connectivity index (χ3n) is 2.61. The average molecular weight is 278 g/mol. The van der Waals surface area contributed by atoms with Crippen molar-refractivity contribution < 1.29 is 0 Å². The van der Waals surface area contributed by atoms with Crippen molar-refractivity contribution in [2.24, 2.45) is 4.99 Å². The Kier molecular flexibility index (Phi) is 6.36. The molecule has 0 aliphatic rings. The quantitative estimate of drug-likeness (QED) is 0.570. The molecule has 0 aliphatic carbocycles. The standard InChI is InChI=1S/C15H14N2.C4H8/c1-11(9-10-16-3)14-6-4-5-13-8-7-12(2)17-15(13)14;1-4(2)3/h6-10H,1-3H3;1H2,2-3H3/b11-9+,16-10?;. The van der Waals surface area contributed by atoms with E-state index in [4.69, 9.17) is 0 Å². The van der Waals surface area contributed by atoms with Gasteiger partial charge in [0, 0.05) is 24.5 Å². The number of allylic oxidation sites excluding steroid dienone is 3. The molecule has 0 bridgehead atoms. The predicted molar refractivity (Wildman–Crippen MR) is 92.7 cm³/mol. The summed E-state index contributed by atoms with van der Waals surface area (Å²) in [4.78, 5) is 8.53. The molecule has 0 saturated heterocycles. The van der Waals surface area contributed by atoms with Crippen LogP contribution < -0.4 is 0 Å². The minimum Gasteiger partial charge on any atom is -0.297 e. The fraction of sp³-hybridized carbons (Fsp3) is 0.263. The number of aryl methyl sites for hydroxylation is 1. The summed E-state index contributed by atoms with van der Waals surface area (Å²) in [5.74, 6) is 0. The van der Waals surface area contributed by atoms with Crippen molar-refractivity contribution in [2.75, 3.05) is 7.05 Å².